The van der Waals surface area contributed by atoms with E-state index in [1.165, 1.54) is 16.8 Å². The summed E-state index contributed by atoms with van der Waals surface area (Å²) in [5.74, 6) is 0. The zero-order chi connectivity index (χ0) is 11.1. The molecule has 2 heterocycles. The Bertz CT molecular complexity index is 621. The van der Waals surface area contributed by atoms with E-state index in [0.717, 1.165) is 17.7 Å². The molecule has 0 spiro atoms. The van der Waals surface area contributed by atoms with Gasteiger partial charge in [0.15, 0.2) is 12.7 Å². The van der Waals surface area contributed by atoms with E-state index in [1.807, 2.05) is 25.1 Å². The summed E-state index contributed by atoms with van der Waals surface area (Å²) in [6.07, 6.45) is 2.08. The lowest BCUT2D eigenvalue weighted by atomic mass is 10.00. The Labute approximate surface area is 94.4 Å². The maximum absolute atomic E-state index is 9.04. The molecule has 76 valence electrons. The van der Waals surface area contributed by atoms with Gasteiger partial charge in [-0.3, -0.25) is 0 Å². The van der Waals surface area contributed by atoms with Gasteiger partial charge in [-0.1, -0.05) is 0 Å². The molecule has 0 saturated heterocycles. The molecule has 3 rings (SSSR count). The van der Waals surface area contributed by atoms with Gasteiger partial charge in [0, 0.05) is 17.7 Å². The summed E-state index contributed by atoms with van der Waals surface area (Å²) in [5.41, 5.74) is 5.55. The molecule has 1 aromatic carbocycles. The van der Waals surface area contributed by atoms with Crippen molar-refractivity contribution < 1.29 is 4.57 Å². The number of aryl methyl sites for hydroxylation is 1. The van der Waals surface area contributed by atoms with Crippen molar-refractivity contribution in [1.82, 2.24) is 0 Å². The Morgan fingerprint density at radius 2 is 2.19 bits per heavy atom. The number of fused-ring (bicyclic) bond motifs is 3. The van der Waals surface area contributed by atoms with Crippen LogP contribution in [0.4, 0.5) is 0 Å². The lowest BCUT2D eigenvalue weighted by Gasteiger charge is -1.99. The second-order valence-corrected chi connectivity index (χ2v) is 4.15. The first-order valence-corrected chi connectivity index (χ1v) is 5.32. The molecule has 0 saturated carbocycles. The van der Waals surface area contributed by atoms with E-state index in [-0.39, 0.29) is 0 Å². The van der Waals surface area contributed by atoms with Crippen molar-refractivity contribution in [3.63, 3.8) is 0 Å². The summed E-state index contributed by atoms with van der Waals surface area (Å²) in [7, 11) is 0. The van der Waals surface area contributed by atoms with E-state index in [0.29, 0.717) is 0 Å². The molecule has 0 aliphatic carbocycles. The zero-order valence-corrected chi connectivity index (χ0v) is 9.07. The predicted molar refractivity (Wildman–Crippen MR) is 60.6 cm³/mol. The molecule has 1 aliphatic rings. The largest absolute Gasteiger partial charge is 0.213 e. The van der Waals surface area contributed by atoms with Crippen molar-refractivity contribution in [3.8, 4) is 17.3 Å². The van der Waals surface area contributed by atoms with Crippen LogP contribution in [0.5, 0.6) is 0 Å². The molecule has 0 unspecified atom stereocenters. The third-order valence-electron chi connectivity index (χ3n) is 3.13. The minimum Gasteiger partial charge on any atom is -0.194 e. The van der Waals surface area contributed by atoms with Crippen molar-refractivity contribution >= 4 is 0 Å². The number of hydrogen-bond acceptors (Lipinski definition) is 1. The van der Waals surface area contributed by atoms with Crippen LogP contribution in [0.3, 0.4) is 0 Å². The summed E-state index contributed by atoms with van der Waals surface area (Å²) >= 11 is 0. The Morgan fingerprint density at radius 3 is 3.00 bits per heavy atom. The van der Waals surface area contributed by atoms with Gasteiger partial charge in [0.1, 0.15) is 0 Å². The average molecular weight is 207 g/mol. The average Bonchev–Trinajstić information content (AvgIpc) is 2.65. The van der Waals surface area contributed by atoms with Crippen molar-refractivity contribution in [3.05, 3.63) is 53.2 Å². The molecule has 2 heteroatoms. The summed E-state index contributed by atoms with van der Waals surface area (Å²) in [6.45, 7) is 2.91. The molecule has 1 aliphatic heterocycles. The number of benzene rings is 1. The van der Waals surface area contributed by atoms with Gasteiger partial charge in [0.05, 0.1) is 17.2 Å². The number of aromatic nitrogens is 1. The maximum Gasteiger partial charge on any atom is 0.213 e. The minimum absolute atomic E-state index is 0.774. The molecule has 0 bridgehead atoms. The van der Waals surface area contributed by atoms with Gasteiger partial charge >= 0.3 is 0 Å². The number of pyridine rings is 1. The first-order chi connectivity index (χ1) is 7.79. The summed E-state index contributed by atoms with van der Waals surface area (Å²) in [5, 5.41) is 9.04. The molecule has 0 radical (unpaired) electrons. The molecular formula is C14H11N2+. The van der Waals surface area contributed by atoms with Crippen LogP contribution in [0.25, 0.3) is 11.3 Å². The number of rotatable bonds is 0. The normalized spacial score (nSPS) is 11.8. The highest BCUT2D eigenvalue weighted by molar-refractivity contribution is 5.66. The van der Waals surface area contributed by atoms with Gasteiger partial charge in [0.25, 0.3) is 0 Å². The van der Waals surface area contributed by atoms with E-state index in [2.05, 4.69) is 29.0 Å². The van der Waals surface area contributed by atoms with Gasteiger partial charge in [-0.2, -0.15) is 9.83 Å². The monoisotopic (exact) mass is 207 g/mol. The van der Waals surface area contributed by atoms with E-state index < -0.39 is 0 Å². The standard InChI is InChI=1S/C14H11N2/c1-10-6-12-9-16-5-3-2-4-14(16)13(12)7-11(10)8-15/h2-7H,9H2,1H3/q+1. The molecule has 0 fully saturated rings. The second kappa shape index (κ2) is 3.18. The van der Waals surface area contributed by atoms with Crippen molar-refractivity contribution in [2.24, 2.45) is 0 Å². The van der Waals surface area contributed by atoms with Gasteiger partial charge in [-0.25, -0.2) is 0 Å². The summed E-state index contributed by atoms with van der Waals surface area (Å²) in [4.78, 5) is 0. The fourth-order valence-electron chi connectivity index (χ4n) is 2.30. The van der Waals surface area contributed by atoms with E-state index in [1.54, 1.807) is 0 Å². The third kappa shape index (κ3) is 1.15. The Hall–Kier alpha value is -2.14. The second-order valence-electron chi connectivity index (χ2n) is 4.15. The third-order valence-corrected chi connectivity index (χ3v) is 3.13. The molecule has 2 aromatic rings. The SMILES string of the molecule is Cc1cc2c(cc1C#N)-c1cccc[n+]1C2. The molecule has 16 heavy (non-hydrogen) atoms. The van der Waals surface area contributed by atoms with Crippen LogP contribution in [-0.2, 0) is 6.54 Å². The van der Waals surface area contributed by atoms with Gasteiger partial charge < -0.3 is 0 Å². The van der Waals surface area contributed by atoms with Gasteiger partial charge in [-0.15, -0.1) is 0 Å². The fraction of sp³-hybridized carbons (Fsp3) is 0.143. The molecule has 2 nitrogen and oxygen atoms in total. The highest BCUT2D eigenvalue weighted by Gasteiger charge is 2.25. The summed E-state index contributed by atoms with van der Waals surface area (Å²) in [6, 6.07) is 12.5. The molecular weight excluding hydrogens is 196 g/mol. The summed E-state index contributed by atoms with van der Waals surface area (Å²) < 4.78 is 2.21. The van der Waals surface area contributed by atoms with Crippen LogP contribution in [0.2, 0.25) is 0 Å². The van der Waals surface area contributed by atoms with Crippen LogP contribution >= 0.6 is 0 Å². The van der Waals surface area contributed by atoms with E-state index in [9.17, 15) is 0 Å². The van der Waals surface area contributed by atoms with Crippen LogP contribution in [0.1, 0.15) is 16.7 Å². The Balaban J connectivity index is 2.29. The van der Waals surface area contributed by atoms with Crippen molar-refractivity contribution in [2.75, 3.05) is 0 Å². The van der Waals surface area contributed by atoms with Gasteiger partial charge in [-0.05, 0) is 30.7 Å². The fourth-order valence-corrected chi connectivity index (χ4v) is 2.30. The maximum atomic E-state index is 9.04. The topological polar surface area (TPSA) is 27.7 Å². The quantitative estimate of drug-likeness (QED) is 0.519. The highest BCUT2D eigenvalue weighted by atomic mass is 15.0. The van der Waals surface area contributed by atoms with Crippen molar-refractivity contribution in [2.45, 2.75) is 13.5 Å². The lowest BCUT2D eigenvalue weighted by molar-refractivity contribution is -0.672. The Morgan fingerprint density at radius 1 is 1.31 bits per heavy atom. The van der Waals surface area contributed by atoms with Crippen LogP contribution < -0.4 is 4.57 Å². The predicted octanol–water partition coefficient (Wildman–Crippen LogP) is 2.18. The van der Waals surface area contributed by atoms with Gasteiger partial charge in [0.2, 0.25) is 5.69 Å². The van der Waals surface area contributed by atoms with E-state index >= 15 is 0 Å². The number of nitrogens with zero attached hydrogens (tertiary/aromatic N) is 2. The number of hydrogen-bond donors (Lipinski definition) is 0. The first-order valence-electron chi connectivity index (χ1n) is 5.32. The lowest BCUT2D eigenvalue weighted by Crippen LogP contribution is -2.31. The minimum atomic E-state index is 0.774. The van der Waals surface area contributed by atoms with Crippen LogP contribution in [-0.4, -0.2) is 0 Å². The van der Waals surface area contributed by atoms with E-state index in [4.69, 9.17) is 5.26 Å². The molecule has 1 aromatic heterocycles. The zero-order valence-electron chi connectivity index (χ0n) is 9.07. The number of nitriles is 1. The van der Waals surface area contributed by atoms with Crippen LogP contribution in [0, 0.1) is 18.3 Å². The molecule has 0 atom stereocenters. The van der Waals surface area contributed by atoms with Crippen LogP contribution in [0.15, 0.2) is 36.5 Å². The molecule has 0 N–H and O–H groups in total. The molecule has 0 amide bonds. The highest BCUT2D eigenvalue weighted by Crippen LogP contribution is 2.28. The van der Waals surface area contributed by atoms with Crippen molar-refractivity contribution in [1.29, 1.82) is 5.26 Å². The Kier molecular flexibility index (Phi) is 1.81. The first kappa shape index (κ1) is 9.11. The smallest absolute Gasteiger partial charge is 0.194 e.